The number of hydrogen-bond donors (Lipinski definition) is 2. The summed E-state index contributed by atoms with van der Waals surface area (Å²) in [6, 6.07) is 9.14. The van der Waals surface area contributed by atoms with Crippen LogP contribution in [0.25, 0.3) is 0 Å². The molecule has 0 bridgehead atoms. The highest BCUT2D eigenvalue weighted by atomic mass is 19.1. The Morgan fingerprint density at radius 2 is 2.00 bits per heavy atom. The molecule has 3 N–H and O–H groups in total. The Bertz CT molecular complexity index is 636. The summed E-state index contributed by atoms with van der Waals surface area (Å²) in [5.74, 6) is -0.426. The second-order valence-corrected chi connectivity index (χ2v) is 4.43. The number of hydrogen-bond acceptors (Lipinski definition) is 3. The lowest BCUT2D eigenvalue weighted by molar-refractivity contribution is 0.102. The van der Waals surface area contributed by atoms with Crippen molar-refractivity contribution in [3.8, 4) is 5.75 Å². The first-order valence-electron chi connectivity index (χ1n) is 6.01. The Balaban J connectivity index is 2.30. The van der Waals surface area contributed by atoms with E-state index in [4.69, 9.17) is 10.5 Å². The van der Waals surface area contributed by atoms with Crippen LogP contribution < -0.4 is 15.8 Å². The number of nitrogens with two attached hydrogens (primary N) is 1. The van der Waals surface area contributed by atoms with Gasteiger partial charge in [0.1, 0.15) is 11.6 Å². The molecule has 0 aliphatic rings. The van der Waals surface area contributed by atoms with E-state index in [0.29, 0.717) is 17.0 Å². The van der Waals surface area contributed by atoms with Gasteiger partial charge in [0, 0.05) is 11.4 Å². The zero-order valence-corrected chi connectivity index (χ0v) is 11.2. The quantitative estimate of drug-likeness (QED) is 0.846. The number of amides is 1. The maximum absolute atomic E-state index is 13.2. The van der Waals surface area contributed by atoms with Gasteiger partial charge in [0.15, 0.2) is 0 Å². The first-order chi connectivity index (χ1) is 9.49. The van der Waals surface area contributed by atoms with Crippen LogP contribution in [-0.2, 0) is 0 Å². The van der Waals surface area contributed by atoms with Gasteiger partial charge in [-0.2, -0.15) is 0 Å². The predicted octanol–water partition coefficient (Wildman–Crippen LogP) is 2.98. The van der Waals surface area contributed by atoms with Crippen LogP contribution in [-0.4, -0.2) is 13.0 Å². The van der Waals surface area contributed by atoms with Gasteiger partial charge in [0.25, 0.3) is 5.91 Å². The fourth-order valence-electron chi connectivity index (χ4n) is 1.88. The normalized spacial score (nSPS) is 10.2. The third-order valence-corrected chi connectivity index (χ3v) is 2.78. The van der Waals surface area contributed by atoms with E-state index in [0.717, 1.165) is 5.56 Å². The lowest BCUT2D eigenvalue weighted by Crippen LogP contribution is -2.13. The van der Waals surface area contributed by atoms with Crippen LogP contribution in [0.5, 0.6) is 5.75 Å². The van der Waals surface area contributed by atoms with Gasteiger partial charge >= 0.3 is 0 Å². The van der Waals surface area contributed by atoms with E-state index in [1.165, 1.54) is 25.3 Å². The second-order valence-electron chi connectivity index (χ2n) is 4.43. The lowest BCUT2D eigenvalue weighted by atomic mass is 10.1. The molecule has 0 unspecified atom stereocenters. The van der Waals surface area contributed by atoms with Crippen molar-refractivity contribution < 1.29 is 13.9 Å². The SMILES string of the molecule is COc1ccc(C)cc1C(=O)Nc1cc(N)cc(F)c1. The zero-order chi connectivity index (χ0) is 14.7. The van der Waals surface area contributed by atoms with E-state index in [1.54, 1.807) is 12.1 Å². The van der Waals surface area contributed by atoms with Gasteiger partial charge in [0.2, 0.25) is 0 Å². The minimum atomic E-state index is -0.503. The standard InChI is InChI=1S/C15H15FN2O2/c1-9-3-4-14(20-2)13(5-9)15(19)18-12-7-10(16)6-11(17)8-12/h3-8H,17H2,1-2H3,(H,18,19). The third-order valence-electron chi connectivity index (χ3n) is 2.78. The summed E-state index contributed by atoms with van der Waals surface area (Å²) < 4.78 is 18.4. The number of carbonyl (C=O) groups is 1. The number of ether oxygens (including phenoxy) is 1. The molecular formula is C15H15FN2O2. The molecule has 0 aliphatic carbocycles. The number of nitrogen functional groups attached to an aromatic ring is 1. The summed E-state index contributed by atoms with van der Waals surface area (Å²) in [6.45, 7) is 1.87. The summed E-state index contributed by atoms with van der Waals surface area (Å²) >= 11 is 0. The Morgan fingerprint density at radius 3 is 2.65 bits per heavy atom. The van der Waals surface area contributed by atoms with Crippen molar-refractivity contribution in [2.24, 2.45) is 0 Å². The number of rotatable bonds is 3. The maximum atomic E-state index is 13.2. The Morgan fingerprint density at radius 1 is 1.25 bits per heavy atom. The monoisotopic (exact) mass is 274 g/mol. The van der Waals surface area contributed by atoms with E-state index in [9.17, 15) is 9.18 Å². The summed E-state index contributed by atoms with van der Waals surface area (Å²) in [6.07, 6.45) is 0. The zero-order valence-electron chi connectivity index (χ0n) is 11.2. The van der Waals surface area contributed by atoms with Crippen molar-refractivity contribution >= 4 is 17.3 Å². The van der Waals surface area contributed by atoms with Crippen molar-refractivity contribution in [3.05, 3.63) is 53.3 Å². The van der Waals surface area contributed by atoms with Crippen LogP contribution in [0.4, 0.5) is 15.8 Å². The van der Waals surface area contributed by atoms with Crippen LogP contribution in [0.15, 0.2) is 36.4 Å². The van der Waals surface area contributed by atoms with Crippen LogP contribution in [0, 0.1) is 12.7 Å². The largest absolute Gasteiger partial charge is 0.496 e. The third kappa shape index (κ3) is 3.06. The average molecular weight is 274 g/mol. The van der Waals surface area contributed by atoms with Crippen LogP contribution >= 0.6 is 0 Å². The molecule has 0 atom stereocenters. The Kier molecular flexibility index (Phi) is 3.89. The molecule has 0 fully saturated rings. The average Bonchev–Trinajstić information content (AvgIpc) is 2.37. The molecule has 2 aromatic rings. The summed E-state index contributed by atoms with van der Waals surface area (Å²) in [5.41, 5.74) is 7.40. The van der Waals surface area contributed by atoms with Crippen molar-refractivity contribution in [2.45, 2.75) is 6.92 Å². The summed E-state index contributed by atoms with van der Waals surface area (Å²) in [7, 11) is 1.49. The van der Waals surface area contributed by atoms with E-state index in [1.807, 2.05) is 13.0 Å². The maximum Gasteiger partial charge on any atom is 0.259 e. The van der Waals surface area contributed by atoms with E-state index in [2.05, 4.69) is 5.32 Å². The van der Waals surface area contributed by atoms with Crippen LogP contribution in [0.1, 0.15) is 15.9 Å². The molecule has 104 valence electrons. The summed E-state index contributed by atoms with van der Waals surface area (Å²) in [4.78, 5) is 12.2. The van der Waals surface area contributed by atoms with E-state index < -0.39 is 5.82 Å². The molecule has 0 aromatic heterocycles. The minimum Gasteiger partial charge on any atom is -0.496 e. The van der Waals surface area contributed by atoms with E-state index >= 15 is 0 Å². The Labute approximate surface area is 116 Å². The van der Waals surface area contributed by atoms with Gasteiger partial charge in [-0.1, -0.05) is 11.6 Å². The molecule has 0 saturated carbocycles. The van der Waals surface area contributed by atoms with Crippen molar-refractivity contribution in [3.63, 3.8) is 0 Å². The van der Waals surface area contributed by atoms with Gasteiger partial charge < -0.3 is 15.8 Å². The Hall–Kier alpha value is -2.56. The molecule has 20 heavy (non-hydrogen) atoms. The van der Waals surface area contributed by atoms with Crippen molar-refractivity contribution in [1.29, 1.82) is 0 Å². The molecule has 0 radical (unpaired) electrons. The number of benzene rings is 2. The summed E-state index contributed by atoms with van der Waals surface area (Å²) in [5, 5.41) is 2.60. The number of aryl methyl sites for hydroxylation is 1. The van der Waals surface area contributed by atoms with Crippen molar-refractivity contribution in [2.75, 3.05) is 18.2 Å². The van der Waals surface area contributed by atoms with Gasteiger partial charge in [-0.25, -0.2) is 4.39 Å². The number of nitrogens with one attached hydrogen (secondary N) is 1. The molecule has 1 amide bonds. The molecule has 0 aliphatic heterocycles. The molecule has 2 rings (SSSR count). The first-order valence-corrected chi connectivity index (χ1v) is 6.01. The second kappa shape index (κ2) is 5.61. The molecule has 5 heteroatoms. The van der Waals surface area contributed by atoms with Crippen molar-refractivity contribution in [1.82, 2.24) is 0 Å². The smallest absolute Gasteiger partial charge is 0.259 e. The fraction of sp³-hybridized carbons (Fsp3) is 0.133. The molecule has 2 aromatic carbocycles. The fourth-order valence-corrected chi connectivity index (χ4v) is 1.88. The minimum absolute atomic E-state index is 0.247. The molecule has 0 saturated heterocycles. The topological polar surface area (TPSA) is 64.3 Å². The van der Waals surface area contributed by atoms with Gasteiger partial charge in [-0.15, -0.1) is 0 Å². The molecule has 0 spiro atoms. The predicted molar refractivity (Wildman–Crippen MR) is 76.5 cm³/mol. The molecular weight excluding hydrogens is 259 g/mol. The lowest BCUT2D eigenvalue weighted by Gasteiger charge is -2.10. The number of anilines is 2. The number of methoxy groups -OCH3 is 1. The highest BCUT2D eigenvalue weighted by Crippen LogP contribution is 2.22. The number of carbonyl (C=O) groups excluding carboxylic acids is 1. The van der Waals surface area contributed by atoms with Gasteiger partial charge in [0.05, 0.1) is 12.7 Å². The van der Waals surface area contributed by atoms with Gasteiger partial charge in [-0.05, 0) is 37.3 Å². The molecule has 0 heterocycles. The highest BCUT2D eigenvalue weighted by Gasteiger charge is 2.13. The van der Waals surface area contributed by atoms with Crippen LogP contribution in [0.2, 0.25) is 0 Å². The highest BCUT2D eigenvalue weighted by molar-refractivity contribution is 6.06. The van der Waals surface area contributed by atoms with Crippen LogP contribution in [0.3, 0.4) is 0 Å². The molecule has 4 nitrogen and oxygen atoms in total. The number of halogens is 1. The first kappa shape index (κ1) is 13.9. The van der Waals surface area contributed by atoms with E-state index in [-0.39, 0.29) is 11.6 Å². The van der Waals surface area contributed by atoms with Gasteiger partial charge in [-0.3, -0.25) is 4.79 Å².